The van der Waals surface area contributed by atoms with Crippen LogP contribution in [0.3, 0.4) is 0 Å². The second-order valence-corrected chi connectivity index (χ2v) is 7.58. The van der Waals surface area contributed by atoms with Gasteiger partial charge in [0.1, 0.15) is 5.82 Å². The monoisotopic (exact) mass is 421 g/mol. The zero-order valence-corrected chi connectivity index (χ0v) is 17.3. The Balaban J connectivity index is 1.75. The van der Waals surface area contributed by atoms with E-state index in [1.165, 1.54) is 12.1 Å². The van der Waals surface area contributed by atoms with Gasteiger partial charge in [0.25, 0.3) is 0 Å². The molecule has 31 heavy (non-hydrogen) atoms. The minimum absolute atomic E-state index is 0.177. The van der Waals surface area contributed by atoms with Crippen LogP contribution in [0.15, 0.2) is 66.7 Å². The van der Waals surface area contributed by atoms with Gasteiger partial charge >= 0.3 is 5.97 Å². The molecule has 0 atom stereocenters. The number of rotatable bonds is 8. The van der Waals surface area contributed by atoms with E-state index in [2.05, 4.69) is 0 Å². The lowest BCUT2D eigenvalue weighted by molar-refractivity contribution is 0.0697. The van der Waals surface area contributed by atoms with Crippen molar-refractivity contribution < 1.29 is 23.8 Å². The van der Waals surface area contributed by atoms with E-state index in [1.807, 2.05) is 35.2 Å². The molecule has 0 aromatic heterocycles. The molecule has 1 saturated carbocycles. The summed E-state index contributed by atoms with van der Waals surface area (Å²) in [5.74, 6) is -0.0410. The van der Waals surface area contributed by atoms with Gasteiger partial charge in [-0.25, -0.2) is 9.18 Å². The number of hydrogen-bond acceptors (Lipinski definition) is 4. The normalized spacial score (nSPS) is 13.4. The number of hydrogen-bond donors (Lipinski definition) is 1. The molecule has 0 spiro atoms. The summed E-state index contributed by atoms with van der Waals surface area (Å²) in [6.07, 6.45) is 3.36. The molecule has 1 fully saturated rings. The number of carbonyl (C=O) groups is 1. The van der Waals surface area contributed by atoms with Crippen molar-refractivity contribution in [3.8, 4) is 11.5 Å². The maximum Gasteiger partial charge on any atom is 0.335 e. The number of nitrogens with zero attached hydrogens (tertiary/aromatic N) is 1. The highest BCUT2D eigenvalue weighted by Crippen LogP contribution is 2.38. The number of aromatic carboxylic acids is 1. The molecule has 6 heteroatoms. The van der Waals surface area contributed by atoms with Crippen LogP contribution in [0.4, 0.5) is 15.8 Å². The quantitative estimate of drug-likeness (QED) is 0.498. The topological polar surface area (TPSA) is 59.0 Å². The first-order valence-electron chi connectivity index (χ1n) is 10.2. The second kappa shape index (κ2) is 9.08. The van der Waals surface area contributed by atoms with Crippen LogP contribution in [0, 0.1) is 5.82 Å². The Hall–Kier alpha value is -3.54. The molecule has 5 nitrogen and oxygen atoms in total. The highest BCUT2D eigenvalue weighted by Gasteiger charge is 2.22. The van der Waals surface area contributed by atoms with Crippen LogP contribution < -0.4 is 14.4 Å². The van der Waals surface area contributed by atoms with Crippen molar-refractivity contribution >= 4 is 17.3 Å². The Morgan fingerprint density at radius 3 is 2.48 bits per heavy atom. The molecule has 0 radical (unpaired) electrons. The molecule has 0 heterocycles. The van der Waals surface area contributed by atoms with E-state index in [1.54, 1.807) is 31.4 Å². The van der Waals surface area contributed by atoms with E-state index in [9.17, 15) is 14.3 Å². The molecule has 1 N–H and O–H groups in total. The zero-order chi connectivity index (χ0) is 21.8. The third-order valence-electron chi connectivity index (χ3n) is 5.44. The van der Waals surface area contributed by atoms with Gasteiger partial charge in [0, 0.05) is 24.0 Å². The van der Waals surface area contributed by atoms with Gasteiger partial charge < -0.3 is 19.5 Å². The highest BCUT2D eigenvalue weighted by molar-refractivity contribution is 5.89. The number of methoxy groups -OCH3 is 1. The fourth-order valence-corrected chi connectivity index (χ4v) is 3.55. The predicted octanol–water partition coefficient (Wildman–Crippen LogP) is 5.80. The van der Waals surface area contributed by atoms with E-state index in [-0.39, 0.29) is 17.5 Å². The largest absolute Gasteiger partial charge is 0.493 e. The number of benzene rings is 3. The molecule has 0 amide bonds. The first-order chi connectivity index (χ1) is 15.0. The summed E-state index contributed by atoms with van der Waals surface area (Å²) >= 11 is 0. The van der Waals surface area contributed by atoms with Gasteiger partial charge in [-0.2, -0.15) is 0 Å². The minimum atomic E-state index is -1.00. The first kappa shape index (κ1) is 20.7. The van der Waals surface area contributed by atoms with Gasteiger partial charge in [-0.15, -0.1) is 0 Å². The van der Waals surface area contributed by atoms with Gasteiger partial charge in [0.15, 0.2) is 11.5 Å². The number of carboxylic acid groups (broad SMARTS) is 1. The van der Waals surface area contributed by atoms with Crippen LogP contribution in [-0.4, -0.2) is 24.3 Å². The molecule has 4 rings (SSSR count). The summed E-state index contributed by atoms with van der Waals surface area (Å²) in [6, 6.07) is 18.7. The summed E-state index contributed by atoms with van der Waals surface area (Å²) < 4.78 is 25.4. The van der Waals surface area contributed by atoms with Crippen LogP contribution in [0.25, 0.3) is 0 Å². The minimum Gasteiger partial charge on any atom is -0.493 e. The Morgan fingerprint density at radius 1 is 1.03 bits per heavy atom. The molecule has 160 valence electrons. The third kappa shape index (κ3) is 4.79. The number of anilines is 2. The summed E-state index contributed by atoms with van der Waals surface area (Å²) in [5.41, 5.74) is 2.42. The molecule has 3 aromatic rings. The number of halogens is 1. The SMILES string of the molecule is COc1ccc(N(Cc2cccc(F)c2)c2cccc(C(=O)O)c2)cc1OC1CCC1. The fourth-order valence-electron chi connectivity index (χ4n) is 3.55. The molecule has 0 bridgehead atoms. The second-order valence-electron chi connectivity index (χ2n) is 7.58. The smallest absolute Gasteiger partial charge is 0.335 e. The Kier molecular flexibility index (Phi) is 6.07. The van der Waals surface area contributed by atoms with E-state index >= 15 is 0 Å². The van der Waals surface area contributed by atoms with Gasteiger partial charge in [0.2, 0.25) is 0 Å². The van der Waals surface area contributed by atoms with Crippen molar-refractivity contribution in [2.45, 2.75) is 31.9 Å². The summed E-state index contributed by atoms with van der Waals surface area (Å²) in [6.45, 7) is 0.357. The fraction of sp³-hybridized carbons (Fsp3) is 0.240. The van der Waals surface area contributed by atoms with Crippen molar-refractivity contribution in [3.05, 3.63) is 83.7 Å². The van der Waals surface area contributed by atoms with Crippen molar-refractivity contribution in [3.63, 3.8) is 0 Å². The van der Waals surface area contributed by atoms with E-state index in [0.29, 0.717) is 23.7 Å². The molecular weight excluding hydrogens is 397 g/mol. The van der Waals surface area contributed by atoms with Crippen molar-refractivity contribution in [2.24, 2.45) is 0 Å². The van der Waals surface area contributed by atoms with E-state index < -0.39 is 5.97 Å². The molecule has 0 aliphatic heterocycles. The average molecular weight is 421 g/mol. The zero-order valence-electron chi connectivity index (χ0n) is 17.3. The molecule has 1 aliphatic carbocycles. The van der Waals surface area contributed by atoms with Gasteiger partial charge in [0.05, 0.1) is 18.8 Å². The molecule has 1 aliphatic rings. The molecule has 0 unspecified atom stereocenters. The van der Waals surface area contributed by atoms with E-state index in [4.69, 9.17) is 9.47 Å². The van der Waals surface area contributed by atoms with Gasteiger partial charge in [-0.1, -0.05) is 18.2 Å². The van der Waals surface area contributed by atoms with Crippen LogP contribution in [0.1, 0.15) is 35.2 Å². The van der Waals surface area contributed by atoms with E-state index in [0.717, 1.165) is 30.5 Å². The van der Waals surface area contributed by atoms with Crippen molar-refractivity contribution in [1.29, 1.82) is 0 Å². The van der Waals surface area contributed by atoms with Gasteiger partial charge in [-0.3, -0.25) is 0 Å². The van der Waals surface area contributed by atoms with Crippen LogP contribution >= 0.6 is 0 Å². The molecule has 3 aromatic carbocycles. The van der Waals surface area contributed by atoms with Crippen molar-refractivity contribution in [1.82, 2.24) is 0 Å². The Morgan fingerprint density at radius 2 is 1.81 bits per heavy atom. The number of ether oxygens (including phenoxy) is 2. The lowest BCUT2D eigenvalue weighted by atomic mass is 9.96. The van der Waals surface area contributed by atoms with Gasteiger partial charge in [-0.05, 0) is 67.3 Å². The van der Waals surface area contributed by atoms with Crippen molar-refractivity contribution in [2.75, 3.05) is 12.0 Å². The number of carboxylic acids is 1. The molecule has 0 saturated heterocycles. The lowest BCUT2D eigenvalue weighted by Gasteiger charge is -2.29. The predicted molar refractivity (Wildman–Crippen MR) is 117 cm³/mol. The maximum atomic E-state index is 13.8. The Labute approximate surface area is 180 Å². The van der Waals surface area contributed by atoms with Crippen LogP contribution in [0.5, 0.6) is 11.5 Å². The Bertz CT molecular complexity index is 1080. The first-order valence-corrected chi connectivity index (χ1v) is 10.2. The molecular formula is C25H24FNO4. The lowest BCUT2D eigenvalue weighted by Crippen LogP contribution is -2.25. The summed E-state index contributed by atoms with van der Waals surface area (Å²) in [4.78, 5) is 13.4. The average Bonchev–Trinajstić information content (AvgIpc) is 2.74. The highest BCUT2D eigenvalue weighted by atomic mass is 19.1. The standard InChI is InChI=1S/C25H24FNO4/c1-30-23-12-11-21(15-24(23)31-22-9-4-10-22)27(16-17-5-2-7-19(26)13-17)20-8-3-6-18(14-20)25(28)29/h2-3,5-8,11-15,22H,4,9-10,16H2,1H3,(H,28,29). The summed E-state index contributed by atoms with van der Waals surface area (Å²) in [7, 11) is 1.60. The van der Waals surface area contributed by atoms with Crippen LogP contribution in [0.2, 0.25) is 0 Å². The maximum absolute atomic E-state index is 13.8. The van der Waals surface area contributed by atoms with Crippen LogP contribution in [-0.2, 0) is 6.54 Å². The third-order valence-corrected chi connectivity index (χ3v) is 5.44. The summed E-state index contributed by atoms with van der Waals surface area (Å²) in [5, 5.41) is 9.43.